The first-order valence-corrected chi connectivity index (χ1v) is 12.1. The van der Waals surface area contributed by atoms with Crippen molar-refractivity contribution in [1.82, 2.24) is 25.7 Å². The molecule has 32 heavy (non-hydrogen) atoms. The number of aromatic nitrogens is 3. The third-order valence-corrected chi connectivity index (χ3v) is 7.89. The zero-order valence-corrected chi connectivity index (χ0v) is 18.8. The summed E-state index contributed by atoms with van der Waals surface area (Å²) < 4.78 is 7.33. The summed E-state index contributed by atoms with van der Waals surface area (Å²) in [5.41, 5.74) is 10.4. The molecule has 3 aliphatic rings. The first-order valence-electron chi connectivity index (χ1n) is 11.2. The molecule has 0 radical (unpaired) electrons. The van der Waals surface area contributed by atoms with Crippen LogP contribution >= 0.6 is 11.8 Å². The average Bonchev–Trinajstić information content (AvgIpc) is 3.55. The highest BCUT2D eigenvalue weighted by atomic mass is 32.2. The Morgan fingerprint density at radius 3 is 2.69 bits per heavy atom. The van der Waals surface area contributed by atoms with E-state index in [2.05, 4.69) is 63.5 Å². The van der Waals surface area contributed by atoms with Crippen LogP contribution in [-0.4, -0.2) is 39.0 Å². The molecule has 0 amide bonds. The lowest BCUT2D eigenvalue weighted by atomic mass is 9.97. The van der Waals surface area contributed by atoms with Crippen LogP contribution in [0.2, 0.25) is 0 Å². The topological polar surface area (TPSA) is 76.4 Å². The second-order valence-corrected chi connectivity index (χ2v) is 9.80. The lowest BCUT2D eigenvalue weighted by molar-refractivity contribution is 0.415. The molecule has 1 saturated carbocycles. The summed E-state index contributed by atoms with van der Waals surface area (Å²) in [5, 5.41) is 15.3. The van der Waals surface area contributed by atoms with E-state index in [9.17, 15) is 0 Å². The molecule has 4 atom stereocenters. The van der Waals surface area contributed by atoms with Crippen LogP contribution in [-0.2, 0) is 6.42 Å². The Morgan fingerprint density at radius 1 is 1.03 bits per heavy atom. The highest BCUT2D eigenvalue weighted by Crippen LogP contribution is 2.41. The van der Waals surface area contributed by atoms with Crippen molar-refractivity contribution in [3.8, 4) is 5.75 Å². The average molecular weight is 447 g/mol. The predicted octanol–water partition coefficient (Wildman–Crippen LogP) is 3.57. The number of fused-ring (bicyclic) bond motifs is 2. The molecule has 3 aromatic rings. The zero-order chi connectivity index (χ0) is 21.5. The third kappa shape index (κ3) is 3.52. The van der Waals surface area contributed by atoms with E-state index in [4.69, 9.17) is 9.84 Å². The number of nitrogens with one attached hydrogen (secondary N) is 2. The molecule has 1 saturated heterocycles. The molecule has 7 nitrogen and oxygen atoms in total. The summed E-state index contributed by atoms with van der Waals surface area (Å²) in [4.78, 5) is 0. The number of hydrogen-bond acceptors (Lipinski definition) is 7. The van der Waals surface area contributed by atoms with Crippen LogP contribution < -0.4 is 15.6 Å². The van der Waals surface area contributed by atoms with Gasteiger partial charge in [0.25, 0.3) is 0 Å². The molecule has 4 unspecified atom stereocenters. The van der Waals surface area contributed by atoms with E-state index in [1.807, 2.05) is 16.8 Å². The molecule has 2 aliphatic heterocycles. The number of benzene rings is 2. The molecule has 1 aliphatic carbocycles. The first-order chi connectivity index (χ1) is 15.8. The van der Waals surface area contributed by atoms with Gasteiger partial charge in [0.05, 0.1) is 24.1 Å². The van der Waals surface area contributed by atoms with Crippen LogP contribution in [0.1, 0.15) is 42.3 Å². The quantitative estimate of drug-likeness (QED) is 0.624. The van der Waals surface area contributed by atoms with Crippen molar-refractivity contribution >= 4 is 17.5 Å². The van der Waals surface area contributed by atoms with Crippen LogP contribution in [0.5, 0.6) is 5.75 Å². The Hall–Kier alpha value is -2.68. The molecule has 0 spiro atoms. The molecular weight excluding hydrogens is 420 g/mol. The Balaban J connectivity index is 1.39. The van der Waals surface area contributed by atoms with E-state index in [0.29, 0.717) is 12.0 Å². The lowest BCUT2D eigenvalue weighted by Gasteiger charge is -2.25. The van der Waals surface area contributed by atoms with Crippen LogP contribution in [0, 0.1) is 5.92 Å². The Morgan fingerprint density at radius 2 is 1.88 bits per heavy atom. The molecule has 1 aromatic heterocycles. The lowest BCUT2D eigenvalue weighted by Crippen LogP contribution is -2.31. The van der Waals surface area contributed by atoms with Crippen molar-refractivity contribution in [2.24, 2.45) is 11.0 Å². The maximum atomic E-state index is 5.36. The number of nitrogens with zero attached hydrogens (tertiary/aromatic N) is 4. The van der Waals surface area contributed by atoms with Crippen molar-refractivity contribution in [2.45, 2.75) is 48.2 Å². The monoisotopic (exact) mass is 446 g/mol. The summed E-state index contributed by atoms with van der Waals surface area (Å²) in [6.07, 6.45) is 4.56. The number of hydrazine groups is 1. The fraction of sp³-hybridized carbons (Fsp3) is 0.375. The number of hydrogen-bond donors (Lipinski definition) is 2. The van der Waals surface area contributed by atoms with Gasteiger partial charge < -0.3 is 4.74 Å². The summed E-state index contributed by atoms with van der Waals surface area (Å²) in [6.45, 7) is 0. The van der Waals surface area contributed by atoms with Gasteiger partial charge in [-0.15, -0.1) is 10.2 Å². The molecular formula is C24H26N6OS. The maximum Gasteiger partial charge on any atom is 0.212 e. The van der Waals surface area contributed by atoms with Crippen molar-refractivity contribution in [2.75, 3.05) is 7.11 Å². The molecule has 2 fully saturated rings. The molecule has 164 valence electrons. The number of methoxy groups -OCH3 is 1. The smallest absolute Gasteiger partial charge is 0.212 e. The summed E-state index contributed by atoms with van der Waals surface area (Å²) in [6, 6.07) is 19.4. The third-order valence-electron chi connectivity index (χ3n) is 6.75. The summed E-state index contributed by atoms with van der Waals surface area (Å²) in [7, 11) is 1.69. The Labute approximate surface area is 191 Å². The van der Waals surface area contributed by atoms with Gasteiger partial charge in [0.1, 0.15) is 5.75 Å². The zero-order valence-electron chi connectivity index (χ0n) is 17.9. The van der Waals surface area contributed by atoms with E-state index in [0.717, 1.165) is 34.4 Å². The second kappa shape index (κ2) is 8.35. The molecule has 0 bridgehead atoms. The van der Waals surface area contributed by atoms with Gasteiger partial charge in [0.2, 0.25) is 5.16 Å². The molecule has 6 rings (SSSR count). The maximum absolute atomic E-state index is 5.36. The van der Waals surface area contributed by atoms with Crippen molar-refractivity contribution in [3.05, 3.63) is 71.5 Å². The standard InChI is InChI=1S/C24H26N6OS/c1-31-17-12-10-16(11-13-17)21-20(14-15-6-3-2-4-7-15)32-24-28-27-23(30(24)29-21)22-18-8-5-9-19(18)25-26-22/h2-4,6-7,10-13,18-20,22,25-26H,5,8-9,14H2,1H3. The Bertz CT molecular complexity index is 1130. The van der Waals surface area contributed by atoms with E-state index in [-0.39, 0.29) is 11.3 Å². The highest BCUT2D eigenvalue weighted by molar-refractivity contribution is 8.00. The second-order valence-electron chi connectivity index (χ2n) is 8.63. The van der Waals surface area contributed by atoms with Gasteiger partial charge in [-0.1, -0.05) is 48.5 Å². The first kappa shape index (κ1) is 20.0. The van der Waals surface area contributed by atoms with E-state index >= 15 is 0 Å². The largest absolute Gasteiger partial charge is 0.497 e. The van der Waals surface area contributed by atoms with E-state index < -0.39 is 0 Å². The van der Waals surface area contributed by atoms with Gasteiger partial charge in [0, 0.05) is 6.04 Å². The molecule has 2 N–H and O–H groups in total. The minimum absolute atomic E-state index is 0.135. The fourth-order valence-corrected chi connectivity index (χ4v) is 6.24. The number of rotatable bonds is 5. The molecule has 3 heterocycles. The van der Waals surface area contributed by atoms with E-state index in [1.54, 1.807) is 18.9 Å². The van der Waals surface area contributed by atoms with Crippen molar-refractivity contribution < 1.29 is 4.74 Å². The van der Waals surface area contributed by atoms with Gasteiger partial charge in [0.15, 0.2) is 5.82 Å². The van der Waals surface area contributed by atoms with Gasteiger partial charge in [-0.2, -0.15) is 9.78 Å². The van der Waals surface area contributed by atoms with Crippen molar-refractivity contribution in [1.29, 1.82) is 0 Å². The van der Waals surface area contributed by atoms with Gasteiger partial charge in [-0.3, -0.25) is 5.43 Å². The summed E-state index contributed by atoms with van der Waals surface area (Å²) in [5.74, 6) is 2.28. The predicted molar refractivity (Wildman–Crippen MR) is 125 cm³/mol. The highest BCUT2D eigenvalue weighted by Gasteiger charge is 2.43. The van der Waals surface area contributed by atoms with Gasteiger partial charge >= 0.3 is 0 Å². The van der Waals surface area contributed by atoms with Crippen LogP contribution in [0.15, 0.2) is 64.9 Å². The normalized spacial score (nSPS) is 26.5. The van der Waals surface area contributed by atoms with Crippen LogP contribution in [0.3, 0.4) is 0 Å². The van der Waals surface area contributed by atoms with E-state index in [1.165, 1.54) is 24.8 Å². The van der Waals surface area contributed by atoms with Crippen LogP contribution in [0.25, 0.3) is 0 Å². The van der Waals surface area contributed by atoms with Gasteiger partial charge in [-0.05, 0) is 60.6 Å². The Kier molecular flexibility index (Phi) is 5.21. The van der Waals surface area contributed by atoms with Crippen molar-refractivity contribution in [3.63, 3.8) is 0 Å². The SMILES string of the molecule is COc1ccc(C2=Nn3c(nnc3C3NNC4CCCC43)SC2Cc2ccccc2)cc1. The minimum atomic E-state index is 0.135. The van der Waals surface area contributed by atoms with Crippen LogP contribution in [0.4, 0.5) is 0 Å². The molecule has 8 heteroatoms. The number of ether oxygens (including phenoxy) is 1. The minimum Gasteiger partial charge on any atom is -0.497 e. The number of thioether (sulfide) groups is 1. The summed E-state index contributed by atoms with van der Waals surface area (Å²) >= 11 is 1.75. The molecule has 2 aromatic carbocycles. The fourth-order valence-electron chi connectivity index (χ4n) is 5.09. The van der Waals surface area contributed by atoms with Gasteiger partial charge in [-0.25, -0.2) is 5.43 Å².